The van der Waals surface area contributed by atoms with Gasteiger partial charge in [0.05, 0.1) is 6.04 Å². The third kappa shape index (κ3) is 2.51. The van der Waals surface area contributed by atoms with Gasteiger partial charge >= 0.3 is 0 Å². The highest BCUT2D eigenvalue weighted by atomic mass is 32.1. The Morgan fingerprint density at radius 3 is 2.85 bits per heavy atom. The van der Waals surface area contributed by atoms with Gasteiger partial charge in [0.15, 0.2) is 0 Å². The summed E-state index contributed by atoms with van der Waals surface area (Å²) in [4.78, 5) is 16.1. The van der Waals surface area contributed by atoms with Gasteiger partial charge in [0.1, 0.15) is 6.17 Å². The monoisotopic (exact) mass is 292 g/mol. The molecule has 0 aromatic carbocycles. The third-order valence-corrected chi connectivity index (χ3v) is 5.86. The Morgan fingerprint density at radius 2 is 2.30 bits per heavy atom. The van der Waals surface area contributed by atoms with E-state index in [0.29, 0.717) is 17.7 Å². The number of amides is 1. The van der Waals surface area contributed by atoms with Crippen molar-refractivity contribution in [2.45, 2.75) is 45.8 Å². The van der Waals surface area contributed by atoms with E-state index in [4.69, 9.17) is 0 Å². The van der Waals surface area contributed by atoms with Gasteiger partial charge in [0.2, 0.25) is 5.91 Å². The van der Waals surface area contributed by atoms with E-state index < -0.39 is 0 Å². The summed E-state index contributed by atoms with van der Waals surface area (Å²) in [6.07, 6.45) is 2.40. The first-order chi connectivity index (χ1) is 9.61. The van der Waals surface area contributed by atoms with Gasteiger partial charge in [0, 0.05) is 11.4 Å². The highest BCUT2D eigenvalue weighted by Gasteiger charge is 2.45. The molecule has 1 N–H and O–H groups in total. The van der Waals surface area contributed by atoms with E-state index in [1.165, 1.54) is 11.3 Å². The Morgan fingerprint density at radius 1 is 1.55 bits per heavy atom. The molecule has 1 aromatic rings. The van der Waals surface area contributed by atoms with E-state index in [2.05, 4.69) is 48.5 Å². The molecule has 1 aliphatic carbocycles. The average Bonchev–Trinajstić information content (AvgIpc) is 2.85. The summed E-state index contributed by atoms with van der Waals surface area (Å²) in [5.41, 5.74) is 0. The van der Waals surface area contributed by atoms with Crippen molar-refractivity contribution in [2.24, 2.45) is 17.8 Å². The SMILES string of the molecule is CCC(C)C1NC(c2cccs2)N(CC2CC2C)C1=O. The number of carbonyl (C=O) groups excluding carboxylic acids is 1. The minimum Gasteiger partial charge on any atom is -0.320 e. The van der Waals surface area contributed by atoms with Crippen LogP contribution >= 0.6 is 11.3 Å². The second-order valence-corrected chi connectivity index (χ2v) is 7.39. The van der Waals surface area contributed by atoms with Crippen LogP contribution in [0.3, 0.4) is 0 Å². The van der Waals surface area contributed by atoms with Gasteiger partial charge < -0.3 is 4.90 Å². The lowest BCUT2D eigenvalue weighted by Crippen LogP contribution is -2.36. The summed E-state index contributed by atoms with van der Waals surface area (Å²) in [7, 11) is 0. The van der Waals surface area contributed by atoms with Crippen molar-refractivity contribution < 1.29 is 4.79 Å². The molecule has 110 valence electrons. The van der Waals surface area contributed by atoms with Crippen molar-refractivity contribution in [2.75, 3.05) is 6.54 Å². The second-order valence-electron chi connectivity index (χ2n) is 6.41. The van der Waals surface area contributed by atoms with E-state index in [-0.39, 0.29) is 12.2 Å². The average molecular weight is 292 g/mol. The maximum atomic E-state index is 12.7. The Labute approximate surface area is 125 Å². The molecule has 1 saturated heterocycles. The van der Waals surface area contributed by atoms with Crippen molar-refractivity contribution >= 4 is 17.2 Å². The van der Waals surface area contributed by atoms with Crippen molar-refractivity contribution in [3.05, 3.63) is 22.4 Å². The van der Waals surface area contributed by atoms with Gasteiger partial charge in [-0.05, 0) is 35.6 Å². The molecule has 0 radical (unpaired) electrons. The van der Waals surface area contributed by atoms with Crippen LogP contribution in [-0.4, -0.2) is 23.4 Å². The van der Waals surface area contributed by atoms with E-state index in [1.54, 1.807) is 11.3 Å². The number of nitrogens with one attached hydrogen (secondary N) is 1. The third-order valence-electron chi connectivity index (χ3n) is 4.93. The fourth-order valence-corrected chi connectivity index (χ4v) is 3.86. The fourth-order valence-electron chi connectivity index (χ4n) is 3.06. The Hall–Kier alpha value is -0.870. The van der Waals surface area contributed by atoms with Gasteiger partial charge in [-0.3, -0.25) is 10.1 Å². The standard InChI is InChI=1S/C16H24N2OS/c1-4-10(2)14-16(19)18(9-12-8-11(12)3)15(17-14)13-6-5-7-20-13/h5-7,10-12,14-15,17H,4,8-9H2,1-3H3. The van der Waals surface area contributed by atoms with E-state index >= 15 is 0 Å². The normalized spacial score (nSPS) is 34.5. The first-order valence-electron chi connectivity index (χ1n) is 7.71. The van der Waals surface area contributed by atoms with E-state index in [9.17, 15) is 4.79 Å². The smallest absolute Gasteiger partial charge is 0.241 e. The molecule has 1 amide bonds. The highest BCUT2D eigenvalue weighted by Crippen LogP contribution is 2.41. The van der Waals surface area contributed by atoms with Crippen LogP contribution in [0, 0.1) is 17.8 Å². The first-order valence-corrected chi connectivity index (χ1v) is 8.59. The zero-order valence-electron chi connectivity index (χ0n) is 12.5. The van der Waals surface area contributed by atoms with Crippen molar-refractivity contribution in [1.82, 2.24) is 10.2 Å². The molecule has 0 bridgehead atoms. The molecule has 3 rings (SSSR count). The van der Waals surface area contributed by atoms with Crippen LogP contribution in [0.1, 0.15) is 44.7 Å². The van der Waals surface area contributed by atoms with Gasteiger partial charge in [-0.15, -0.1) is 11.3 Å². The number of rotatable bonds is 5. The summed E-state index contributed by atoms with van der Waals surface area (Å²) >= 11 is 1.74. The van der Waals surface area contributed by atoms with Crippen LogP contribution in [0.25, 0.3) is 0 Å². The number of nitrogens with zero attached hydrogens (tertiary/aromatic N) is 1. The number of hydrogen-bond acceptors (Lipinski definition) is 3. The minimum absolute atomic E-state index is 0.0128. The summed E-state index contributed by atoms with van der Waals surface area (Å²) in [5, 5.41) is 5.67. The number of thiophene rings is 1. The molecule has 2 heterocycles. The molecule has 4 heteroatoms. The van der Waals surface area contributed by atoms with Gasteiger partial charge in [0.25, 0.3) is 0 Å². The zero-order valence-corrected chi connectivity index (χ0v) is 13.3. The fraction of sp³-hybridized carbons (Fsp3) is 0.688. The Balaban J connectivity index is 1.80. The maximum Gasteiger partial charge on any atom is 0.241 e. The predicted molar refractivity (Wildman–Crippen MR) is 82.4 cm³/mol. The summed E-state index contributed by atoms with van der Waals surface area (Å²) < 4.78 is 0. The molecule has 20 heavy (non-hydrogen) atoms. The lowest BCUT2D eigenvalue weighted by molar-refractivity contribution is -0.131. The van der Waals surface area contributed by atoms with E-state index in [1.807, 2.05) is 0 Å². The summed E-state index contributed by atoms with van der Waals surface area (Å²) in [6.45, 7) is 7.53. The molecule has 3 nitrogen and oxygen atoms in total. The molecule has 2 aliphatic rings. The van der Waals surface area contributed by atoms with E-state index in [0.717, 1.165) is 18.9 Å². The molecule has 5 unspecified atom stereocenters. The molecule has 1 aromatic heterocycles. The molecular formula is C16H24N2OS. The highest BCUT2D eigenvalue weighted by molar-refractivity contribution is 7.10. The van der Waals surface area contributed by atoms with Crippen molar-refractivity contribution in [3.8, 4) is 0 Å². The van der Waals surface area contributed by atoms with Crippen molar-refractivity contribution in [1.29, 1.82) is 0 Å². The molecule has 1 saturated carbocycles. The van der Waals surface area contributed by atoms with Crippen molar-refractivity contribution in [3.63, 3.8) is 0 Å². The minimum atomic E-state index is -0.0128. The molecule has 5 atom stereocenters. The zero-order chi connectivity index (χ0) is 14.3. The van der Waals surface area contributed by atoms with Gasteiger partial charge in [-0.25, -0.2) is 0 Å². The number of carbonyl (C=O) groups is 1. The topological polar surface area (TPSA) is 32.3 Å². The summed E-state index contributed by atoms with van der Waals surface area (Å²) in [6, 6.07) is 4.19. The molecular weight excluding hydrogens is 268 g/mol. The van der Waals surface area contributed by atoms with Crippen LogP contribution in [-0.2, 0) is 4.79 Å². The molecule has 1 aliphatic heterocycles. The van der Waals surface area contributed by atoms with Crippen LogP contribution in [0.15, 0.2) is 17.5 Å². The van der Waals surface area contributed by atoms with Crippen LogP contribution in [0.2, 0.25) is 0 Å². The molecule has 0 spiro atoms. The quantitative estimate of drug-likeness (QED) is 0.903. The lowest BCUT2D eigenvalue weighted by atomic mass is 9.99. The lowest BCUT2D eigenvalue weighted by Gasteiger charge is -2.23. The maximum absolute atomic E-state index is 12.7. The largest absolute Gasteiger partial charge is 0.320 e. The van der Waals surface area contributed by atoms with Gasteiger partial charge in [-0.1, -0.05) is 33.3 Å². The Bertz CT molecular complexity index is 473. The number of hydrogen-bond donors (Lipinski definition) is 1. The predicted octanol–water partition coefficient (Wildman–Crippen LogP) is 3.25. The van der Waals surface area contributed by atoms with Crippen LogP contribution < -0.4 is 5.32 Å². The molecule has 2 fully saturated rings. The Kier molecular flexibility index (Phi) is 3.87. The van der Waals surface area contributed by atoms with Gasteiger partial charge in [-0.2, -0.15) is 0 Å². The summed E-state index contributed by atoms with van der Waals surface area (Å²) in [5.74, 6) is 2.19. The second kappa shape index (κ2) is 5.49. The van der Waals surface area contributed by atoms with Crippen LogP contribution in [0.4, 0.5) is 0 Å². The first kappa shape index (κ1) is 14.1. The van der Waals surface area contributed by atoms with Crippen LogP contribution in [0.5, 0.6) is 0 Å².